The van der Waals surface area contributed by atoms with Crippen molar-refractivity contribution in [1.29, 1.82) is 0 Å². The summed E-state index contributed by atoms with van der Waals surface area (Å²) in [5.74, 6) is -3.00. The highest BCUT2D eigenvalue weighted by Gasteiger charge is 2.56. The monoisotopic (exact) mass is 694 g/mol. The molecule has 1 saturated heterocycles. The first-order chi connectivity index (χ1) is 23.9. The Morgan fingerprint density at radius 3 is 1.96 bits per heavy atom. The van der Waals surface area contributed by atoms with E-state index in [0.29, 0.717) is 16.5 Å². The molecule has 2 heterocycles. The molecule has 0 spiro atoms. The molecular weight excluding hydrogens is 648 g/mol. The van der Waals surface area contributed by atoms with E-state index in [4.69, 9.17) is 33.4 Å². The number of nitrogens with zero attached hydrogens (tertiary/aromatic N) is 1. The van der Waals surface area contributed by atoms with Crippen LogP contribution in [0.2, 0.25) is 0 Å². The molecule has 270 valence electrons. The van der Waals surface area contributed by atoms with Crippen molar-refractivity contribution < 1.29 is 47.6 Å². The number of aryl methyl sites for hydroxylation is 2. The molecule has 4 rings (SSSR count). The third-order valence-corrected chi connectivity index (χ3v) is 8.28. The lowest BCUT2D eigenvalue weighted by Crippen LogP contribution is -2.64. The van der Waals surface area contributed by atoms with E-state index in [1.54, 1.807) is 6.07 Å². The Labute approximate surface area is 290 Å². The van der Waals surface area contributed by atoms with Crippen molar-refractivity contribution in [2.24, 2.45) is 0 Å². The number of carbonyl (C=O) groups excluding carboxylic acids is 4. The van der Waals surface area contributed by atoms with E-state index < -0.39 is 54.6 Å². The van der Waals surface area contributed by atoms with Crippen LogP contribution in [0.15, 0.2) is 41.2 Å². The Hall–Kier alpha value is -4.78. The predicted octanol–water partition coefficient (Wildman–Crippen LogP) is 5.13. The van der Waals surface area contributed by atoms with Gasteiger partial charge < -0.3 is 33.4 Å². The first-order valence-corrected chi connectivity index (χ1v) is 17.0. The largest absolute Gasteiger partial charge is 0.467 e. The summed E-state index contributed by atoms with van der Waals surface area (Å²) in [6.45, 7) is 7.59. The number of carbonyl (C=O) groups is 4. The van der Waals surface area contributed by atoms with Crippen LogP contribution in [0.5, 0.6) is 5.75 Å². The summed E-state index contributed by atoms with van der Waals surface area (Å²) >= 11 is 0. The van der Waals surface area contributed by atoms with Gasteiger partial charge in [-0.15, -0.1) is 0 Å². The Bertz CT molecular complexity index is 1740. The van der Waals surface area contributed by atoms with Crippen molar-refractivity contribution in [1.82, 2.24) is 9.97 Å². The maximum atomic E-state index is 13.5. The molecule has 2 aromatic carbocycles. The van der Waals surface area contributed by atoms with Crippen molar-refractivity contribution in [3.05, 3.63) is 57.9 Å². The summed E-state index contributed by atoms with van der Waals surface area (Å²) in [7, 11) is 1.11. The van der Waals surface area contributed by atoms with Crippen LogP contribution in [0.3, 0.4) is 0 Å². The number of nitrogens with one attached hydrogen (secondary N) is 1. The molecule has 1 aromatic heterocycles. The molecule has 0 saturated carbocycles. The van der Waals surface area contributed by atoms with E-state index in [1.165, 1.54) is 0 Å². The molecule has 1 aliphatic rings. The van der Waals surface area contributed by atoms with Gasteiger partial charge in [0.2, 0.25) is 12.4 Å². The predicted molar refractivity (Wildman–Crippen MR) is 182 cm³/mol. The smallest absolute Gasteiger partial charge is 0.339 e. The van der Waals surface area contributed by atoms with Crippen molar-refractivity contribution in [3.8, 4) is 17.1 Å². The number of rotatable bonds is 15. The fourth-order valence-electron chi connectivity index (χ4n) is 5.95. The third kappa shape index (κ3) is 9.68. The minimum atomic E-state index is -1.63. The second kappa shape index (κ2) is 17.7. The Morgan fingerprint density at radius 1 is 0.780 bits per heavy atom. The van der Waals surface area contributed by atoms with Crippen molar-refractivity contribution in [2.75, 3.05) is 7.11 Å². The van der Waals surface area contributed by atoms with Gasteiger partial charge in [-0.1, -0.05) is 51.7 Å². The summed E-state index contributed by atoms with van der Waals surface area (Å²) in [5.41, 5.74) is 2.56. The number of esters is 4. The fourth-order valence-corrected chi connectivity index (χ4v) is 5.95. The Balaban J connectivity index is 1.82. The number of fused-ring (bicyclic) bond motifs is 1. The number of hydrogen-bond acceptors (Lipinski definition) is 12. The molecule has 0 radical (unpaired) electrons. The average molecular weight is 695 g/mol. The van der Waals surface area contributed by atoms with Gasteiger partial charge in [-0.2, -0.15) is 0 Å². The molecular formula is C37H46N2O11. The van der Waals surface area contributed by atoms with Gasteiger partial charge in [-0.3, -0.25) is 19.2 Å². The van der Waals surface area contributed by atoms with Crippen molar-refractivity contribution in [3.63, 3.8) is 0 Å². The van der Waals surface area contributed by atoms with Crippen LogP contribution < -0.4 is 10.3 Å². The molecule has 1 N–H and O–H groups in total. The fraction of sp³-hybridized carbons (Fsp3) is 0.514. The first kappa shape index (κ1) is 38.0. The Morgan fingerprint density at radius 2 is 1.36 bits per heavy atom. The highest BCUT2D eigenvalue weighted by atomic mass is 16.7. The zero-order valence-electron chi connectivity index (χ0n) is 29.4. The first-order valence-electron chi connectivity index (χ1n) is 17.0. The SMILES string of the molecule is CCCCCc1ccc(O[C@@H]2OC(C(=O)OC)[C@H](OC(C)=O)[C@H](OC(C)=O)C2OC(C)=O)c(-c2nc3ccc(CCCCC)cc3c(=O)[nH]2)c1. The summed E-state index contributed by atoms with van der Waals surface area (Å²) in [4.78, 5) is 70.8. The average Bonchev–Trinajstić information content (AvgIpc) is 3.07. The van der Waals surface area contributed by atoms with Gasteiger partial charge in [0.1, 0.15) is 11.6 Å². The van der Waals surface area contributed by atoms with Gasteiger partial charge in [0.15, 0.2) is 18.3 Å². The molecule has 3 aromatic rings. The maximum absolute atomic E-state index is 13.5. The van der Waals surface area contributed by atoms with E-state index >= 15 is 0 Å². The summed E-state index contributed by atoms with van der Waals surface area (Å²) in [6.07, 6.45) is 0.0104. The van der Waals surface area contributed by atoms with Crippen molar-refractivity contribution >= 4 is 34.8 Å². The number of hydrogen-bond donors (Lipinski definition) is 1. The van der Waals surface area contributed by atoms with Gasteiger partial charge >= 0.3 is 23.9 Å². The quantitative estimate of drug-likeness (QED) is 0.127. The molecule has 13 nitrogen and oxygen atoms in total. The summed E-state index contributed by atoms with van der Waals surface area (Å²) in [6, 6.07) is 11.0. The lowest BCUT2D eigenvalue weighted by atomic mass is 9.97. The van der Waals surface area contributed by atoms with E-state index in [2.05, 4.69) is 18.8 Å². The van der Waals surface area contributed by atoms with E-state index in [0.717, 1.165) is 90.4 Å². The number of methoxy groups -OCH3 is 1. The topological polar surface area (TPSA) is 169 Å². The number of H-pyrrole nitrogens is 1. The minimum Gasteiger partial charge on any atom is -0.467 e. The number of aromatic nitrogens is 2. The van der Waals surface area contributed by atoms with Crippen LogP contribution in [-0.2, 0) is 55.7 Å². The summed E-state index contributed by atoms with van der Waals surface area (Å²) in [5, 5.41) is 0.455. The second-order valence-electron chi connectivity index (χ2n) is 12.3. The minimum absolute atomic E-state index is 0.154. The molecule has 0 amide bonds. The molecule has 0 aliphatic carbocycles. The van der Waals surface area contributed by atoms with Gasteiger partial charge in [-0.25, -0.2) is 9.78 Å². The standard InChI is InChI=1S/C37H46N2O11/c1-7-9-11-13-24-15-17-28-26(19-24)35(43)39-34(38-28)27-20-25(14-12-10-8-2)16-18-29(27)49-37-33(48-23(5)42)31(47-22(4)41)30(46-21(3)40)32(50-37)36(44)45-6/h15-20,30-33,37H,7-14H2,1-6H3,(H,38,39,43)/t30-,31+,32?,33?,37-/m1/s1. The van der Waals surface area contributed by atoms with Crippen LogP contribution in [0.4, 0.5) is 0 Å². The van der Waals surface area contributed by atoms with Crippen LogP contribution in [0, 0.1) is 0 Å². The maximum Gasteiger partial charge on any atom is 0.339 e. The van der Waals surface area contributed by atoms with Crippen molar-refractivity contribution in [2.45, 2.75) is 117 Å². The van der Waals surface area contributed by atoms with Gasteiger partial charge in [0, 0.05) is 20.8 Å². The van der Waals surface area contributed by atoms with Crippen LogP contribution in [-0.4, -0.2) is 71.7 Å². The van der Waals surface area contributed by atoms with E-state index in [9.17, 15) is 24.0 Å². The van der Waals surface area contributed by atoms with Gasteiger partial charge in [-0.05, 0) is 61.1 Å². The second-order valence-corrected chi connectivity index (χ2v) is 12.3. The lowest BCUT2D eigenvalue weighted by Gasteiger charge is -2.43. The molecule has 50 heavy (non-hydrogen) atoms. The van der Waals surface area contributed by atoms with E-state index in [1.807, 2.05) is 30.3 Å². The van der Waals surface area contributed by atoms with Gasteiger partial charge in [0.25, 0.3) is 5.56 Å². The third-order valence-electron chi connectivity index (χ3n) is 8.28. The zero-order valence-corrected chi connectivity index (χ0v) is 29.4. The number of aromatic amines is 1. The van der Waals surface area contributed by atoms with Gasteiger partial charge in [0.05, 0.1) is 23.6 Å². The number of benzene rings is 2. The number of unbranched alkanes of at least 4 members (excludes halogenated alkanes) is 4. The molecule has 2 unspecified atom stereocenters. The normalized spacial score (nSPS) is 20.2. The molecule has 1 fully saturated rings. The molecule has 1 aliphatic heterocycles. The summed E-state index contributed by atoms with van der Waals surface area (Å²) < 4.78 is 33.6. The van der Waals surface area contributed by atoms with Crippen LogP contribution in [0.25, 0.3) is 22.3 Å². The van der Waals surface area contributed by atoms with Crippen LogP contribution in [0.1, 0.15) is 84.3 Å². The molecule has 5 atom stereocenters. The lowest BCUT2D eigenvalue weighted by molar-refractivity contribution is -0.282. The molecule has 13 heteroatoms. The Kier molecular flexibility index (Phi) is 13.5. The molecule has 0 bridgehead atoms. The number of ether oxygens (including phenoxy) is 6. The highest BCUT2D eigenvalue weighted by molar-refractivity contribution is 5.81. The zero-order chi connectivity index (χ0) is 36.4. The van der Waals surface area contributed by atoms with E-state index in [-0.39, 0.29) is 17.1 Å². The highest BCUT2D eigenvalue weighted by Crippen LogP contribution is 2.35. The van der Waals surface area contributed by atoms with Crippen LogP contribution >= 0.6 is 0 Å².